The van der Waals surface area contributed by atoms with Gasteiger partial charge in [-0.1, -0.05) is 17.7 Å². The van der Waals surface area contributed by atoms with E-state index in [1.165, 1.54) is 6.20 Å². The second-order valence-electron chi connectivity index (χ2n) is 3.99. The maximum Gasteiger partial charge on any atom is 0.256 e. The van der Waals surface area contributed by atoms with Crippen molar-refractivity contribution in [1.29, 1.82) is 0 Å². The Hall–Kier alpha value is -2.40. The van der Waals surface area contributed by atoms with Gasteiger partial charge in [-0.3, -0.25) is 9.89 Å². The third-order valence-electron chi connectivity index (χ3n) is 2.67. The number of hydrogen-bond acceptors (Lipinski definition) is 3. The molecule has 19 heavy (non-hydrogen) atoms. The number of anilines is 1. The summed E-state index contributed by atoms with van der Waals surface area (Å²) in [5.74, 6) is 0.175. The number of amides is 1. The molecule has 0 aliphatic heterocycles. The van der Waals surface area contributed by atoms with Gasteiger partial charge in [0.25, 0.3) is 5.91 Å². The molecule has 94 valence electrons. The zero-order valence-corrected chi connectivity index (χ0v) is 10.5. The second kappa shape index (κ2) is 4.70. The second-order valence-corrected chi connectivity index (χ2v) is 4.42. The lowest BCUT2D eigenvalue weighted by Gasteiger charge is -2.04. The van der Waals surface area contributed by atoms with Gasteiger partial charge in [0, 0.05) is 22.2 Å². The number of rotatable bonds is 2. The summed E-state index contributed by atoms with van der Waals surface area (Å²) in [7, 11) is 0. The minimum absolute atomic E-state index is 0.244. The average molecular weight is 273 g/mol. The number of nitrogens with one attached hydrogen (secondary N) is 2. The zero-order valence-electron chi connectivity index (χ0n) is 9.72. The Kier molecular flexibility index (Phi) is 2.89. The zero-order chi connectivity index (χ0) is 13.2. The van der Waals surface area contributed by atoms with E-state index in [-0.39, 0.29) is 5.91 Å². The van der Waals surface area contributed by atoms with Gasteiger partial charge < -0.3 is 5.32 Å². The number of aromatic nitrogens is 3. The van der Waals surface area contributed by atoms with Crippen molar-refractivity contribution in [1.82, 2.24) is 15.2 Å². The fourth-order valence-corrected chi connectivity index (χ4v) is 1.90. The van der Waals surface area contributed by atoms with E-state index in [4.69, 9.17) is 11.6 Å². The fourth-order valence-electron chi connectivity index (χ4n) is 1.74. The fraction of sp³-hybridized carbons (Fsp3) is 0. The predicted octanol–water partition coefficient (Wildman–Crippen LogP) is 2.86. The molecule has 3 rings (SSSR count). The molecule has 3 aromatic rings. The third-order valence-corrected chi connectivity index (χ3v) is 2.90. The number of aromatic amines is 1. The lowest BCUT2D eigenvalue weighted by molar-refractivity contribution is 0.102. The van der Waals surface area contributed by atoms with Crippen LogP contribution in [0.1, 0.15) is 10.4 Å². The van der Waals surface area contributed by atoms with Gasteiger partial charge in [-0.25, -0.2) is 4.98 Å². The maximum atomic E-state index is 12.1. The highest BCUT2D eigenvalue weighted by molar-refractivity contribution is 6.30. The molecule has 0 bridgehead atoms. The van der Waals surface area contributed by atoms with Crippen molar-refractivity contribution in [2.45, 2.75) is 0 Å². The highest BCUT2D eigenvalue weighted by atomic mass is 35.5. The summed E-state index contributed by atoms with van der Waals surface area (Å²) in [6.45, 7) is 0. The number of H-pyrrole nitrogens is 1. The van der Waals surface area contributed by atoms with E-state index in [9.17, 15) is 4.79 Å². The highest BCUT2D eigenvalue weighted by Crippen LogP contribution is 2.15. The van der Waals surface area contributed by atoms with Crippen LogP contribution in [-0.4, -0.2) is 21.1 Å². The lowest BCUT2D eigenvalue weighted by atomic mass is 10.1. The van der Waals surface area contributed by atoms with Crippen LogP contribution in [0.3, 0.4) is 0 Å². The molecular weight excluding hydrogens is 264 g/mol. The molecule has 6 heteroatoms. The molecule has 0 aliphatic carbocycles. The van der Waals surface area contributed by atoms with E-state index in [0.717, 1.165) is 10.9 Å². The van der Waals surface area contributed by atoms with E-state index in [2.05, 4.69) is 20.5 Å². The summed E-state index contributed by atoms with van der Waals surface area (Å²) in [6.07, 6.45) is 3.24. The van der Waals surface area contributed by atoms with Crippen molar-refractivity contribution in [2.75, 3.05) is 5.32 Å². The van der Waals surface area contributed by atoms with Gasteiger partial charge in [0.15, 0.2) is 0 Å². The minimum Gasteiger partial charge on any atom is -0.307 e. The molecule has 0 atom stereocenters. The number of nitrogens with zero attached hydrogens (tertiary/aromatic N) is 2. The number of halogens is 1. The van der Waals surface area contributed by atoms with Crippen LogP contribution < -0.4 is 5.32 Å². The summed E-state index contributed by atoms with van der Waals surface area (Å²) in [4.78, 5) is 16.1. The number of carbonyl (C=O) groups excluding carboxylic acids is 1. The summed E-state index contributed by atoms with van der Waals surface area (Å²) < 4.78 is 0. The summed E-state index contributed by atoms with van der Waals surface area (Å²) in [5.41, 5.74) is 1.34. The largest absolute Gasteiger partial charge is 0.307 e. The molecule has 5 nitrogen and oxygen atoms in total. The van der Waals surface area contributed by atoms with Crippen LogP contribution >= 0.6 is 11.6 Å². The summed E-state index contributed by atoms with van der Waals surface area (Å²) in [5, 5.41) is 10.9. The molecule has 0 saturated heterocycles. The van der Waals surface area contributed by atoms with Crippen LogP contribution in [0, 0.1) is 0 Å². The van der Waals surface area contributed by atoms with Gasteiger partial charge in [0.1, 0.15) is 5.82 Å². The van der Waals surface area contributed by atoms with Crippen LogP contribution in [0.4, 0.5) is 5.82 Å². The summed E-state index contributed by atoms with van der Waals surface area (Å²) >= 11 is 5.83. The SMILES string of the molecule is O=C(Nc1cc(Cl)ccn1)c1ccc2cn[nH]c2c1. The molecule has 2 aromatic heterocycles. The number of hydrogen-bond donors (Lipinski definition) is 2. The molecule has 0 fully saturated rings. The number of pyridine rings is 1. The van der Waals surface area contributed by atoms with E-state index in [1.807, 2.05) is 6.07 Å². The molecule has 0 unspecified atom stereocenters. The van der Waals surface area contributed by atoms with E-state index < -0.39 is 0 Å². The van der Waals surface area contributed by atoms with Crippen molar-refractivity contribution in [2.24, 2.45) is 0 Å². The Morgan fingerprint density at radius 3 is 3.00 bits per heavy atom. The van der Waals surface area contributed by atoms with Crippen LogP contribution in [0.25, 0.3) is 10.9 Å². The molecular formula is C13H9ClN4O. The number of benzene rings is 1. The van der Waals surface area contributed by atoms with Crippen molar-refractivity contribution >= 4 is 34.2 Å². The normalized spacial score (nSPS) is 10.6. The third kappa shape index (κ3) is 2.41. The first-order chi connectivity index (χ1) is 9.22. The van der Waals surface area contributed by atoms with Gasteiger partial charge >= 0.3 is 0 Å². The number of fused-ring (bicyclic) bond motifs is 1. The van der Waals surface area contributed by atoms with Crippen molar-refractivity contribution in [3.8, 4) is 0 Å². The average Bonchev–Trinajstić information content (AvgIpc) is 2.85. The van der Waals surface area contributed by atoms with Crippen molar-refractivity contribution in [3.63, 3.8) is 0 Å². The van der Waals surface area contributed by atoms with Crippen LogP contribution in [0.15, 0.2) is 42.7 Å². The topological polar surface area (TPSA) is 70.7 Å². The molecule has 2 N–H and O–H groups in total. The van der Waals surface area contributed by atoms with E-state index >= 15 is 0 Å². The van der Waals surface area contributed by atoms with Crippen LogP contribution in [-0.2, 0) is 0 Å². The van der Waals surface area contributed by atoms with E-state index in [1.54, 1.807) is 30.5 Å². The molecule has 1 amide bonds. The molecule has 0 spiro atoms. The molecule has 2 heterocycles. The smallest absolute Gasteiger partial charge is 0.256 e. The monoisotopic (exact) mass is 272 g/mol. The maximum absolute atomic E-state index is 12.1. The predicted molar refractivity (Wildman–Crippen MR) is 73.3 cm³/mol. The minimum atomic E-state index is -0.244. The first kappa shape index (κ1) is 11.7. The Bertz CT molecular complexity index is 753. The first-order valence-electron chi connectivity index (χ1n) is 5.58. The van der Waals surface area contributed by atoms with Gasteiger partial charge in [0.05, 0.1) is 11.7 Å². The van der Waals surface area contributed by atoms with Crippen molar-refractivity contribution < 1.29 is 4.79 Å². The standard InChI is InChI=1S/C13H9ClN4O/c14-10-3-4-15-12(6-10)17-13(19)8-1-2-9-7-16-18-11(9)5-8/h1-7H,(H,16,18)(H,15,17,19). The van der Waals surface area contributed by atoms with Gasteiger partial charge in [-0.15, -0.1) is 0 Å². The quantitative estimate of drug-likeness (QED) is 0.753. The van der Waals surface area contributed by atoms with Crippen molar-refractivity contribution in [3.05, 3.63) is 53.3 Å². The van der Waals surface area contributed by atoms with Gasteiger partial charge in [0.2, 0.25) is 0 Å². The lowest BCUT2D eigenvalue weighted by Crippen LogP contribution is -2.12. The highest BCUT2D eigenvalue weighted by Gasteiger charge is 2.08. The van der Waals surface area contributed by atoms with Gasteiger partial charge in [-0.2, -0.15) is 5.10 Å². The molecule has 0 aliphatic rings. The number of carbonyl (C=O) groups is 1. The molecule has 0 saturated carbocycles. The van der Waals surface area contributed by atoms with Crippen LogP contribution in [0.2, 0.25) is 5.02 Å². The Labute approximate surface area is 113 Å². The molecule has 0 radical (unpaired) electrons. The first-order valence-corrected chi connectivity index (χ1v) is 5.96. The summed E-state index contributed by atoms with van der Waals surface area (Å²) in [6, 6.07) is 8.54. The van der Waals surface area contributed by atoms with Gasteiger partial charge in [-0.05, 0) is 24.3 Å². The van der Waals surface area contributed by atoms with E-state index in [0.29, 0.717) is 16.4 Å². The Morgan fingerprint density at radius 1 is 1.26 bits per heavy atom. The Morgan fingerprint density at radius 2 is 2.16 bits per heavy atom. The molecule has 1 aromatic carbocycles. The van der Waals surface area contributed by atoms with Crippen LogP contribution in [0.5, 0.6) is 0 Å². The Balaban J connectivity index is 1.87.